The van der Waals surface area contributed by atoms with E-state index in [-0.39, 0.29) is 18.2 Å². The fraction of sp³-hybridized carbons (Fsp3) is 0.545. The van der Waals surface area contributed by atoms with Crippen molar-refractivity contribution in [2.24, 2.45) is 0 Å². The largest absolute Gasteiger partial charge is 0.282 e. The van der Waals surface area contributed by atoms with Crippen LogP contribution in [0.3, 0.4) is 0 Å². The molecule has 0 unspecified atom stereocenters. The van der Waals surface area contributed by atoms with Crippen molar-refractivity contribution in [2.45, 2.75) is 26.7 Å². The summed E-state index contributed by atoms with van der Waals surface area (Å²) in [6.07, 6.45) is 4.58. The molecule has 0 aromatic heterocycles. The number of amides is 2. The molecule has 0 rings (SSSR count). The highest BCUT2D eigenvalue weighted by molar-refractivity contribution is 7.80. The Bertz CT molecular complexity index is 280. The molecule has 0 saturated carbocycles. The van der Waals surface area contributed by atoms with Crippen molar-refractivity contribution in [1.29, 1.82) is 0 Å². The van der Waals surface area contributed by atoms with Gasteiger partial charge in [-0.3, -0.25) is 14.5 Å². The van der Waals surface area contributed by atoms with Gasteiger partial charge in [0.1, 0.15) is 0 Å². The zero-order valence-corrected chi connectivity index (χ0v) is 10.1. The number of rotatable bonds is 5. The van der Waals surface area contributed by atoms with E-state index in [0.29, 0.717) is 12.3 Å². The summed E-state index contributed by atoms with van der Waals surface area (Å²) in [5.74, 6) is 0.0512. The molecule has 0 N–H and O–H groups in total. The van der Waals surface area contributed by atoms with Crippen LogP contribution in [0.5, 0.6) is 0 Å². The van der Waals surface area contributed by atoms with Gasteiger partial charge in [-0.2, -0.15) is 12.6 Å². The topological polar surface area (TPSA) is 37.4 Å². The van der Waals surface area contributed by atoms with Gasteiger partial charge < -0.3 is 0 Å². The lowest BCUT2D eigenvalue weighted by molar-refractivity contribution is -0.142. The first kappa shape index (κ1) is 14.0. The fourth-order valence-corrected chi connectivity index (χ4v) is 1.22. The number of carbonyl (C=O) groups excluding carboxylic acids is 2. The van der Waals surface area contributed by atoms with E-state index in [2.05, 4.69) is 18.4 Å². The molecule has 0 aromatic rings. The van der Waals surface area contributed by atoms with E-state index < -0.39 is 0 Å². The van der Waals surface area contributed by atoms with Crippen molar-refractivity contribution in [3.8, 4) is 0 Å². The number of nitrogens with zero attached hydrogens (tertiary/aromatic N) is 1. The normalized spacial score (nSPS) is 9.00. The van der Waals surface area contributed by atoms with Gasteiger partial charge in [0.05, 0.1) is 6.42 Å². The van der Waals surface area contributed by atoms with Crippen molar-refractivity contribution >= 4 is 24.4 Å². The minimum atomic E-state index is -0.234. The van der Waals surface area contributed by atoms with E-state index in [9.17, 15) is 9.59 Å². The van der Waals surface area contributed by atoms with Gasteiger partial charge >= 0.3 is 0 Å². The summed E-state index contributed by atoms with van der Waals surface area (Å²) in [4.78, 5) is 23.8. The number of carbonyl (C=O) groups is 2. The molecule has 2 amide bonds. The van der Waals surface area contributed by atoms with Crippen LogP contribution < -0.4 is 0 Å². The Morgan fingerprint density at radius 3 is 2.53 bits per heavy atom. The SMILES string of the molecule is CCC=C=CCC(=O)N(CCS)C(C)=O. The predicted octanol–water partition coefficient (Wildman–Crippen LogP) is 1.80. The monoisotopic (exact) mass is 227 g/mol. The van der Waals surface area contributed by atoms with Crippen LogP contribution >= 0.6 is 12.6 Å². The van der Waals surface area contributed by atoms with E-state index >= 15 is 0 Å². The Hall–Kier alpha value is -0.990. The highest BCUT2D eigenvalue weighted by Gasteiger charge is 2.14. The second kappa shape index (κ2) is 8.33. The van der Waals surface area contributed by atoms with Crippen molar-refractivity contribution in [3.63, 3.8) is 0 Å². The molecule has 0 saturated heterocycles. The average Bonchev–Trinajstić information content (AvgIpc) is 2.20. The maximum atomic E-state index is 11.5. The first-order chi connectivity index (χ1) is 7.13. The Morgan fingerprint density at radius 1 is 1.40 bits per heavy atom. The van der Waals surface area contributed by atoms with Crippen LogP contribution in [0.25, 0.3) is 0 Å². The van der Waals surface area contributed by atoms with Gasteiger partial charge in [0.2, 0.25) is 11.8 Å². The molecular formula is C11H17NO2S. The van der Waals surface area contributed by atoms with Crippen molar-refractivity contribution in [1.82, 2.24) is 4.90 Å². The fourth-order valence-electron chi connectivity index (χ4n) is 1.02. The Kier molecular flexibility index (Phi) is 7.78. The minimum Gasteiger partial charge on any atom is -0.282 e. The van der Waals surface area contributed by atoms with Gasteiger partial charge in [-0.15, -0.1) is 5.73 Å². The quantitative estimate of drug-likeness (QED) is 0.574. The molecule has 0 fully saturated rings. The minimum absolute atomic E-state index is 0.200. The molecule has 0 radical (unpaired) electrons. The van der Waals surface area contributed by atoms with E-state index in [1.54, 1.807) is 6.08 Å². The highest BCUT2D eigenvalue weighted by Crippen LogP contribution is 1.97. The van der Waals surface area contributed by atoms with Gasteiger partial charge in [0.15, 0.2) is 0 Å². The molecule has 4 heteroatoms. The molecule has 0 spiro atoms. The molecule has 0 atom stereocenters. The van der Waals surface area contributed by atoms with Gasteiger partial charge in [0, 0.05) is 19.2 Å². The third-order valence-electron chi connectivity index (χ3n) is 1.72. The molecular weight excluding hydrogens is 210 g/mol. The summed E-state index contributed by atoms with van der Waals surface area (Å²) in [5, 5.41) is 0. The Balaban J connectivity index is 4.26. The van der Waals surface area contributed by atoms with Gasteiger partial charge in [0.25, 0.3) is 0 Å². The van der Waals surface area contributed by atoms with Crippen molar-refractivity contribution < 1.29 is 9.59 Å². The summed E-state index contributed by atoms with van der Waals surface area (Å²) in [5.41, 5.74) is 2.87. The van der Waals surface area contributed by atoms with Gasteiger partial charge in [-0.1, -0.05) is 6.92 Å². The zero-order valence-electron chi connectivity index (χ0n) is 9.19. The second-order valence-electron chi connectivity index (χ2n) is 2.98. The van der Waals surface area contributed by atoms with Crippen LogP contribution in [-0.4, -0.2) is 29.0 Å². The summed E-state index contributed by atoms with van der Waals surface area (Å²) in [7, 11) is 0. The van der Waals surface area contributed by atoms with Gasteiger partial charge in [-0.05, 0) is 18.6 Å². The number of hydrogen-bond donors (Lipinski definition) is 1. The molecule has 0 aliphatic heterocycles. The summed E-state index contributed by atoms with van der Waals surface area (Å²) >= 11 is 4.00. The molecule has 0 aliphatic rings. The first-order valence-corrected chi connectivity index (χ1v) is 5.57. The third kappa shape index (κ3) is 6.15. The standard InChI is InChI=1S/C11H17NO2S/c1-3-4-5-6-7-11(14)12(8-9-15)10(2)13/h4,6,15H,3,7-9H2,1-2H3. The van der Waals surface area contributed by atoms with Crippen LogP contribution in [0.4, 0.5) is 0 Å². The van der Waals surface area contributed by atoms with Gasteiger partial charge in [-0.25, -0.2) is 0 Å². The number of hydrogen-bond acceptors (Lipinski definition) is 3. The molecule has 0 aliphatic carbocycles. The number of thiol groups is 1. The van der Waals surface area contributed by atoms with E-state index in [4.69, 9.17) is 0 Å². The summed E-state index contributed by atoms with van der Waals surface area (Å²) < 4.78 is 0. The summed E-state index contributed by atoms with van der Waals surface area (Å²) in [6, 6.07) is 0. The molecule has 0 aromatic carbocycles. The van der Waals surface area contributed by atoms with E-state index in [1.807, 2.05) is 13.0 Å². The maximum Gasteiger partial charge on any atom is 0.233 e. The maximum absolute atomic E-state index is 11.5. The number of imide groups is 1. The third-order valence-corrected chi connectivity index (χ3v) is 1.92. The molecule has 0 heterocycles. The lowest BCUT2D eigenvalue weighted by Crippen LogP contribution is -2.36. The highest BCUT2D eigenvalue weighted by atomic mass is 32.1. The lowest BCUT2D eigenvalue weighted by atomic mass is 10.3. The van der Waals surface area contributed by atoms with E-state index in [0.717, 1.165) is 6.42 Å². The molecule has 0 bridgehead atoms. The smallest absolute Gasteiger partial charge is 0.233 e. The van der Waals surface area contributed by atoms with E-state index in [1.165, 1.54) is 11.8 Å². The van der Waals surface area contributed by atoms with Crippen LogP contribution in [0.1, 0.15) is 26.7 Å². The van der Waals surface area contributed by atoms with Crippen LogP contribution in [-0.2, 0) is 9.59 Å². The second-order valence-corrected chi connectivity index (χ2v) is 3.42. The predicted molar refractivity (Wildman–Crippen MR) is 63.8 cm³/mol. The molecule has 3 nitrogen and oxygen atoms in total. The molecule has 15 heavy (non-hydrogen) atoms. The Labute approximate surface area is 96.2 Å². The van der Waals surface area contributed by atoms with Crippen LogP contribution in [0.2, 0.25) is 0 Å². The zero-order chi connectivity index (χ0) is 11.7. The Morgan fingerprint density at radius 2 is 2.07 bits per heavy atom. The lowest BCUT2D eigenvalue weighted by Gasteiger charge is -2.16. The van der Waals surface area contributed by atoms with Crippen LogP contribution in [0.15, 0.2) is 17.9 Å². The molecule has 84 valence electrons. The average molecular weight is 227 g/mol. The van der Waals surface area contributed by atoms with Crippen LogP contribution in [0, 0.1) is 0 Å². The van der Waals surface area contributed by atoms with Crippen molar-refractivity contribution in [2.75, 3.05) is 12.3 Å². The van der Waals surface area contributed by atoms with Crippen molar-refractivity contribution in [3.05, 3.63) is 17.9 Å². The first-order valence-electron chi connectivity index (χ1n) is 4.94. The summed E-state index contributed by atoms with van der Waals surface area (Å²) in [6.45, 7) is 3.74.